The molecule has 46 heavy (non-hydrogen) atoms. The van der Waals surface area contributed by atoms with Crippen LogP contribution < -0.4 is 19.7 Å². The van der Waals surface area contributed by atoms with E-state index in [4.69, 9.17) is 21.1 Å². The van der Waals surface area contributed by atoms with Crippen LogP contribution in [0.15, 0.2) is 73.1 Å². The van der Waals surface area contributed by atoms with Gasteiger partial charge in [-0.2, -0.15) is 5.10 Å². The predicted molar refractivity (Wildman–Crippen MR) is 182 cm³/mol. The summed E-state index contributed by atoms with van der Waals surface area (Å²) >= 11 is 6.21. The van der Waals surface area contributed by atoms with Crippen LogP contribution in [0.3, 0.4) is 0 Å². The lowest BCUT2D eigenvalue weighted by atomic mass is 10.1. The highest BCUT2D eigenvalue weighted by molar-refractivity contribution is 6.31. The van der Waals surface area contributed by atoms with Gasteiger partial charge in [0, 0.05) is 46.4 Å². The van der Waals surface area contributed by atoms with Crippen molar-refractivity contribution in [1.82, 2.24) is 15.1 Å². The van der Waals surface area contributed by atoms with Gasteiger partial charge in [0.15, 0.2) is 5.75 Å². The summed E-state index contributed by atoms with van der Waals surface area (Å²) in [7, 11) is 6.30. The first kappa shape index (κ1) is 33.0. The zero-order chi connectivity index (χ0) is 32.7. The number of aromatic nitrogens is 2. The van der Waals surface area contributed by atoms with Gasteiger partial charge in [-0.3, -0.25) is 14.3 Å². The maximum absolute atomic E-state index is 13.4. The fourth-order valence-corrected chi connectivity index (χ4v) is 5.54. The monoisotopic (exact) mass is 644 g/mol. The highest BCUT2D eigenvalue weighted by Gasteiger charge is 2.25. The van der Waals surface area contributed by atoms with Gasteiger partial charge in [-0.25, -0.2) is 0 Å². The van der Waals surface area contributed by atoms with E-state index in [1.165, 1.54) is 0 Å². The number of quaternary nitrogens is 1. The Morgan fingerprint density at radius 1 is 1.09 bits per heavy atom. The predicted octanol–water partition coefficient (Wildman–Crippen LogP) is 5.97. The van der Waals surface area contributed by atoms with E-state index in [1.807, 2.05) is 89.6 Å². The molecule has 0 unspecified atom stereocenters. The number of carbonyl (C=O) groups excluding carboxylic acids is 2. The van der Waals surface area contributed by atoms with Crippen LogP contribution in [-0.4, -0.2) is 80.1 Å². The third-order valence-electron chi connectivity index (χ3n) is 7.92. The second kappa shape index (κ2) is 14.8. The van der Waals surface area contributed by atoms with Crippen molar-refractivity contribution >= 4 is 29.1 Å². The fourth-order valence-electron chi connectivity index (χ4n) is 5.37. The molecule has 0 saturated heterocycles. The summed E-state index contributed by atoms with van der Waals surface area (Å²) < 4.78 is 14.8. The van der Waals surface area contributed by atoms with E-state index >= 15 is 0 Å². The largest absolute Gasteiger partial charge is 0.493 e. The highest BCUT2D eigenvalue weighted by Crippen LogP contribution is 2.40. The number of para-hydroxylation sites is 1. The summed E-state index contributed by atoms with van der Waals surface area (Å²) in [6.45, 7) is 5.42. The lowest BCUT2D eigenvalue weighted by Crippen LogP contribution is -2.41. The van der Waals surface area contributed by atoms with Gasteiger partial charge < -0.3 is 24.2 Å². The van der Waals surface area contributed by atoms with Crippen molar-refractivity contribution in [3.63, 3.8) is 0 Å². The van der Waals surface area contributed by atoms with Crippen LogP contribution >= 0.6 is 11.6 Å². The normalized spacial score (nSPS) is 13.0. The first-order chi connectivity index (χ1) is 22.1. The third-order valence-corrected chi connectivity index (χ3v) is 8.32. The van der Waals surface area contributed by atoms with Crippen molar-refractivity contribution < 1.29 is 23.5 Å². The summed E-state index contributed by atoms with van der Waals surface area (Å²) in [6, 6.07) is 19.1. The summed E-state index contributed by atoms with van der Waals surface area (Å²) in [4.78, 5) is 28.0. The second-order valence-corrected chi connectivity index (χ2v) is 13.0. The molecule has 242 valence electrons. The summed E-state index contributed by atoms with van der Waals surface area (Å²) in [5.41, 5.74) is 5.04. The topological polar surface area (TPSA) is 85.7 Å². The summed E-state index contributed by atoms with van der Waals surface area (Å²) in [5, 5.41) is 8.28. The van der Waals surface area contributed by atoms with Crippen LogP contribution in [0.1, 0.15) is 40.7 Å². The van der Waals surface area contributed by atoms with Gasteiger partial charge in [0.25, 0.3) is 5.91 Å². The number of likely N-dealkylation sites (N-methyl/N-ethyl adjacent to an activating group) is 1. The molecule has 0 spiro atoms. The summed E-state index contributed by atoms with van der Waals surface area (Å²) in [5.74, 6) is 1.38. The standard InChI is InChI=1S/C36H42ClN5O4/c1-26-31(37)13-7-15-33(26)45-20-8-16-34(43)41-18-9-21-46-35-30(12-6-14-32(35)41)29-23-39-40(25-29)24-27-10-5-11-28(22-27)36(44)38-17-19-42(2,3)4/h5-7,10-15,22-23,25H,8-9,16-21,24H2,1-4H3/p+1. The number of fused-ring (bicyclic) bond motifs is 1. The van der Waals surface area contributed by atoms with Gasteiger partial charge in [-0.15, -0.1) is 0 Å². The third kappa shape index (κ3) is 8.47. The number of amides is 2. The van der Waals surface area contributed by atoms with E-state index in [1.54, 1.807) is 0 Å². The molecule has 0 aliphatic carbocycles. The van der Waals surface area contributed by atoms with Gasteiger partial charge in [0.05, 0.1) is 65.9 Å². The van der Waals surface area contributed by atoms with E-state index in [9.17, 15) is 9.59 Å². The molecule has 3 aromatic carbocycles. The number of rotatable bonds is 12. The Balaban J connectivity index is 1.24. The molecule has 5 rings (SSSR count). The molecule has 0 bridgehead atoms. The Morgan fingerprint density at radius 2 is 1.89 bits per heavy atom. The number of halogens is 1. The van der Waals surface area contributed by atoms with Gasteiger partial charge in [0.1, 0.15) is 5.75 Å². The van der Waals surface area contributed by atoms with E-state index < -0.39 is 0 Å². The zero-order valence-electron chi connectivity index (χ0n) is 27.1. The lowest BCUT2D eigenvalue weighted by molar-refractivity contribution is -0.869. The average molecular weight is 645 g/mol. The Morgan fingerprint density at radius 3 is 2.72 bits per heavy atom. The minimum absolute atomic E-state index is 0.0346. The van der Waals surface area contributed by atoms with Gasteiger partial charge in [0.2, 0.25) is 5.91 Å². The molecule has 1 aliphatic rings. The van der Waals surface area contributed by atoms with Crippen LogP contribution in [0.4, 0.5) is 5.69 Å². The minimum atomic E-state index is -0.0802. The molecular formula is C36H43ClN5O4+. The van der Waals surface area contributed by atoms with Crippen LogP contribution in [0, 0.1) is 6.92 Å². The minimum Gasteiger partial charge on any atom is -0.493 e. The number of hydrogen-bond acceptors (Lipinski definition) is 5. The SMILES string of the molecule is Cc1c(Cl)cccc1OCCCC(=O)N1CCCOc2c(-c3cnn(Cc4cccc(C(=O)NCC[N+](C)(C)C)c4)c3)cccc21. The number of nitrogens with zero attached hydrogens (tertiary/aromatic N) is 4. The maximum atomic E-state index is 13.4. The number of nitrogens with one attached hydrogen (secondary N) is 1. The van der Waals surface area contributed by atoms with E-state index in [0.717, 1.165) is 51.1 Å². The lowest BCUT2D eigenvalue weighted by Gasteiger charge is -2.23. The molecule has 1 aliphatic heterocycles. The average Bonchev–Trinajstić information content (AvgIpc) is 3.37. The number of carbonyl (C=O) groups is 2. The maximum Gasteiger partial charge on any atom is 0.251 e. The fraction of sp³-hybridized carbons (Fsp3) is 0.361. The first-order valence-electron chi connectivity index (χ1n) is 15.7. The smallest absolute Gasteiger partial charge is 0.251 e. The molecule has 1 N–H and O–H groups in total. The van der Waals surface area contributed by atoms with Crippen molar-refractivity contribution in [3.05, 3.63) is 94.8 Å². The van der Waals surface area contributed by atoms with Crippen LogP contribution in [0.2, 0.25) is 5.02 Å². The van der Waals surface area contributed by atoms with Crippen molar-refractivity contribution in [2.75, 3.05) is 58.9 Å². The van der Waals surface area contributed by atoms with Crippen LogP contribution in [-0.2, 0) is 11.3 Å². The number of benzene rings is 3. The molecule has 0 radical (unpaired) electrons. The van der Waals surface area contributed by atoms with E-state index in [-0.39, 0.29) is 11.8 Å². The van der Waals surface area contributed by atoms with E-state index in [0.29, 0.717) is 62.0 Å². The Hall–Kier alpha value is -4.34. The molecule has 2 amide bonds. The van der Waals surface area contributed by atoms with Crippen LogP contribution in [0.5, 0.6) is 11.5 Å². The molecule has 10 heteroatoms. The van der Waals surface area contributed by atoms with Crippen molar-refractivity contribution in [2.45, 2.75) is 32.7 Å². The molecule has 2 heterocycles. The molecule has 1 aromatic heterocycles. The van der Waals surface area contributed by atoms with E-state index in [2.05, 4.69) is 31.6 Å². The number of hydrogen-bond donors (Lipinski definition) is 1. The van der Waals surface area contributed by atoms with Crippen LogP contribution in [0.25, 0.3) is 11.1 Å². The molecule has 0 fully saturated rings. The van der Waals surface area contributed by atoms with Crippen molar-refractivity contribution in [3.8, 4) is 22.6 Å². The molecule has 0 atom stereocenters. The second-order valence-electron chi connectivity index (χ2n) is 12.6. The highest BCUT2D eigenvalue weighted by atomic mass is 35.5. The Kier molecular flexibility index (Phi) is 10.7. The molecular weight excluding hydrogens is 602 g/mol. The molecule has 0 saturated carbocycles. The molecule has 9 nitrogen and oxygen atoms in total. The Bertz CT molecular complexity index is 1680. The number of ether oxygens (including phenoxy) is 2. The van der Waals surface area contributed by atoms with Crippen molar-refractivity contribution in [2.24, 2.45) is 0 Å². The molecule has 4 aromatic rings. The van der Waals surface area contributed by atoms with Gasteiger partial charge >= 0.3 is 0 Å². The quantitative estimate of drug-likeness (QED) is 0.152. The van der Waals surface area contributed by atoms with Crippen molar-refractivity contribution in [1.29, 1.82) is 0 Å². The Labute approximate surface area is 276 Å². The van der Waals surface area contributed by atoms with Gasteiger partial charge in [-0.1, -0.05) is 41.9 Å². The number of anilines is 1. The van der Waals surface area contributed by atoms with Gasteiger partial charge in [-0.05, 0) is 55.7 Å². The first-order valence-corrected chi connectivity index (χ1v) is 16.1. The summed E-state index contributed by atoms with van der Waals surface area (Å²) in [6.07, 6.45) is 5.46. The zero-order valence-corrected chi connectivity index (χ0v) is 27.8.